The average Bonchev–Trinajstić information content (AvgIpc) is 2.82. The quantitative estimate of drug-likeness (QED) is 0.706. The summed E-state index contributed by atoms with van der Waals surface area (Å²) in [4.78, 5) is 26.5. The van der Waals surface area contributed by atoms with Crippen LogP contribution in [0.15, 0.2) is 35.6 Å². The van der Waals surface area contributed by atoms with E-state index in [0.29, 0.717) is 18.8 Å². The molecule has 22 heavy (non-hydrogen) atoms. The van der Waals surface area contributed by atoms with Gasteiger partial charge in [0.25, 0.3) is 11.8 Å². The molecule has 1 fully saturated rings. The van der Waals surface area contributed by atoms with E-state index in [9.17, 15) is 14.7 Å². The van der Waals surface area contributed by atoms with Crippen LogP contribution < -0.4 is 10.6 Å². The van der Waals surface area contributed by atoms with Gasteiger partial charge in [0.15, 0.2) is 0 Å². The predicted molar refractivity (Wildman–Crippen MR) is 82.4 cm³/mol. The maximum absolute atomic E-state index is 12.3. The molecule has 6 nitrogen and oxygen atoms in total. The number of amides is 2. The van der Waals surface area contributed by atoms with E-state index in [4.69, 9.17) is 0 Å². The van der Waals surface area contributed by atoms with E-state index in [2.05, 4.69) is 10.6 Å². The van der Waals surface area contributed by atoms with Gasteiger partial charge >= 0.3 is 0 Å². The minimum atomic E-state index is -0.577. The molecule has 6 heteroatoms. The summed E-state index contributed by atoms with van der Waals surface area (Å²) >= 11 is 0. The molecule has 2 aliphatic heterocycles. The zero-order valence-electron chi connectivity index (χ0n) is 12.6. The Hall–Kier alpha value is -2.34. The van der Waals surface area contributed by atoms with Gasteiger partial charge in [-0.15, -0.1) is 0 Å². The molecule has 1 aromatic rings. The largest absolute Gasteiger partial charge is 0.511 e. The normalized spacial score (nSPS) is 24.9. The molecular weight excluding hydrogens is 282 g/mol. The second-order valence-electron chi connectivity index (χ2n) is 5.99. The van der Waals surface area contributed by atoms with Crippen molar-refractivity contribution in [2.75, 3.05) is 25.5 Å². The maximum atomic E-state index is 12.3. The topological polar surface area (TPSA) is 81.7 Å². The molecule has 0 aromatic heterocycles. The lowest BCUT2D eigenvalue weighted by Gasteiger charge is -2.26. The number of nitrogens with zero attached hydrogens (tertiary/aromatic N) is 1. The van der Waals surface area contributed by atoms with Gasteiger partial charge in [0.05, 0.1) is 12.0 Å². The third-order valence-corrected chi connectivity index (χ3v) is 4.19. The Kier molecular flexibility index (Phi) is 3.62. The van der Waals surface area contributed by atoms with Gasteiger partial charge in [-0.1, -0.05) is 17.7 Å². The molecule has 1 aromatic carbocycles. The van der Waals surface area contributed by atoms with Crippen molar-refractivity contribution in [1.29, 1.82) is 0 Å². The van der Waals surface area contributed by atoms with Crippen LogP contribution in [0.2, 0.25) is 0 Å². The molecular formula is C16H19N3O3. The number of rotatable bonds is 2. The average molecular weight is 301 g/mol. The smallest absolute Gasteiger partial charge is 0.264 e. The summed E-state index contributed by atoms with van der Waals surface area (Å²) in [5.74, 6) is -1.42. The number of aryl methyl sites for hydroxylation is 1. The molecule has 0 aliphatic carbocycles. The lowest BCUT2D eigenvalue weighted by Crippen LogP contribution is -2.48. The van der Waals surface area contributed by atoms with Gasteiger partial charge in [0.2, 0.25) is 0 Å². The van der Waals surface area contributed by atoms with E-state index < -0.39 is 11.8 Å². The van der Waals surface area contributed by atoms with Gasteiger partial charge in [0.1, 0.15) is 11.3 Å². The van der Waals surface area contributed by atoms with E-state index in [0.717, 1.165) is 5.56 Å². The fraction of sp³-hybridized carbons (Fsp3) is 0.375. The number of likely N-dealkylation sites (tertiary alicyclic amines) is 1. The van der Waals surface area contributed by atoms with Crippen LogP contribution in [0.25, 0.3) is 0 Å². The number of hydrogen-bond donors (Lipinski definition) is 3. The lowest BCUT2D eigenvalue weighted by molar-refractivity contribution is -0.123. The highest BCUT2D eigenvalue weighted by molar-refractivity contribution is 6.23. The monoisotopic (exact) mass is 301 g/mol. The van der Waals surface area contributed by atoms with E-state index in [-0.39, 0.29) is 23.3 Å². The minimum Gasteiger partial charge on any atom is -0.511 e. The Labute approximate surface area is 128 Å². The third-order valence-electron chi connectivity index (χ3n) is 4.19. The van der Waals surface area contributed by atoms with Crippen molar-refractivity contribution in [3.8, 4) is 0 Å². The number of benzene rings is 1. The number of carbonyl (C=O) groups excluding carboxylic acids is 2. The molecule has 2 heterocycles. The molecule has 0 radical (unpaired) electrons. The number of nitrogens with one attached hydrogen (secondary N) is 2. The highest BCUT2D eigenvalue weighted by Crippen LogP contribution is 2.28. The van der Waals surface area contributed by atoms with Crippen LogP contribution in [-0.2, 0) is 9.59 Å². The van der Waals surface area contributed by atoms with Gasteiger partial charge < -0.3 is 20.6 Å². The fourth-order valence-electron chi connectivity index (χ4n) is 3.02. The summed E-state index contributed by atoms with van der Waals surface area (Å²) < 4.78 is 0. The molecule has 3 N–H and O–H groups in total. The van der Waals surface area contributed by atoms with Crippen LogP contribution in [0, 0.1) is 12.8 Å². The zero-order chi connectivity index (χ0) is 15.9. The first kappa shape index (κ1) is 14.6. The van der Waals surface area contributed by atoms with Gasteiger partial charge in [-0.3, -0.25) is 9.59 Å². The number of carbonyl (C=O) groups is 2. The molecule has 3 rings (SSSR count). The molecule has 0 spiro atoms. The van der Waals surface area contributed by atoms with Crippen molar-refractivity contribution in [3.05, 3.63) is 41.2 Å². The highest BCUT2D eigenvalue weighted by Gasteiger charge is 2.43. The molecule has 2 atom stereocenters. The summed E-state index contributed by atoms with van der Waals surface area (Å²) in [5, 5.41) is 15.8. The minimum absolute atomic E-state index is 0.109. The second kappa shape index (κ2) is 5.46. The van der Waals surface area contributed by atoms with Gasteiger partial charge in [-0.2, -0.15) is 0 Å². The van der Waals surface area contributed by atoms with Crippen molar-refractivity contribution >= 4 is 17.5 Å². The summed E-state index contributed by atoms with van der Waals surface area (Å²) in [6.45, 7) is 3.25. The predicted octanol–water partition coefficient (Wildman–Crippen LogP) is 0.806. The number of aliphatic hydroxyl groups is 1. The van der Waals surface area contributed by atoms with Crippen LogP contribution in [0.1, 0.15) is 5.56 Å². The third kappa shape index (κ3) is 2.57. The first-order valence-electron chi connectivity index (χ1n) is 7.26. The molecule has 2 amide bonds. The van der Waals surface area contributed by atoms with Gasteiger partial charge in [0, 0.05) is 18.8 Å². The first-order chi connectivity index (χ1) is 10.5. The van der Waals surface area contributed by atoms with Crippen LogP contribution in [0.3, 0.4) is 0 Å². The summed E-state index contributed by atoms with van der Waals surface area (Å²) in [6, 6.07) is 7.13. The van der Waals surface area contributed by atoms with Crippen LogP contribution >= 0.6 is 0 Å². The van der Waals surface area contributed by atoms with Crippen molar-refractivity contribution in [2.45, 2.75) is 13.0 Å². The van der Waals surface area contributed by atoms with Crippen LogP contribution in [0.5, 0.6) is 0 Å². The summed E-state index contributed by atoms with van der Waals surface area (Å²) in [6.07, 6.45) is 0. The van der Waals surface area contributed by atoms with Crippen molar-refractivity contribution in [3.63, 3.8) is 0 Å². The van der Waals surface area contributed by atoms with E-state index in [1.165, 1.54) is 0 Å². The fourth-order valence-corrected chi connectivity index (χ4v) is 3.02. The molecule has 0 bridgehead atoms. The Bertz CT molecular complexity index is 651. The number of anilines is 1. The van der Waals surface area contributed by atoms with Gasteiger partial charge in [-0.25, -0.2) is 0 Å². The molecule has 0 unspecified atom stereocenters. The Morgan fingerprint density at radius 1 is 1.32 bits per heavy atom. The molecule has 1 saturated heterocycles. The summed E-state index contributed by atoms with van der Waals surface area (Å²) in [5.41, 5.74) is 1.48. The highest BCUT2D eigenvalue weighted by atomic mass is 16.3. The second-order valence-corrected chi connectivity index (χ2v) is 5.99. The van der Waals surface area contributed by atoms with E-state index in [1.807, 2.05) is 31.0 Å². The number of likely N-dealkylation sites (N-methyl/N-ethyl adjacent to an activating group) is 1. The van der Waals surface area contributed by atoms with E-state index >= 15 is 0 Å². The molecule has 0 saturated carbocycles. The maximum Gasteiger partial charge on any atom is 0.264 e. The Balaban J connectivity index is 1.84. The Morgan fingerprint density at radius 3 is 2.68 bits per heavy atom. The van der Waals surface area contributed by atoms with Crippen molar-refractivity contribution in [2.24, 2.45) is 5.92 Å². The van der Waals surface area contributed by atoms with Crippen LogP contribution in [0.4, 0.5) is 5.69 Å². The van der Waals surface area contributed by atoms with Crippen LogP contribution in [-0.4, -0.2) is 48.0 Å². The SMILES string of the molecule is Cc1ccc(NC(=O)C2=C(O)[C@H]3CN(C)C[C@@H]3NC2=O)cc1. The standard InChI is InChI=1S/C16H19N3O3/c1-9-3-5-10(6-4-9)17-15(21)13-14(20)11-7-19(2)8-12(11)18-16(13)22/h3-6,11-12,20H,7-8H2,1-2H3,(H,17,21)(H,18,22)/t11-,12-/m0/s1. The molecule has 2 aliphatic rings. The Morgan fingerprint density at radius 2 is 2.00 bits per heavy atom. The molecule has 116 valence electrons. The van der Waals surface area contributed by atoms with Gasteiger partial charge in [-0.05, 0) is 26.1 Å². The van der Waals surface area contributed by atoms with Crippen molar-refractivity contribution < 1.29 is 14.7 Å². The number of hydrogen-bond acceptors (Lipinski definition) is 4. The number of fused-ring (bicyclic) bond motifs is 1. The first-order valence-corrected chi connectivity index (χ1v) is 7.26. The lowest BCUT2D eigenvalue weighted by atomic mass is 9.92. The van der Waals surface area contributed by atoms with E-state index in [1.54, 1.807) is 12.1 Å². The van der Waals surface area contributed by atoms with Crippen molar-refractivity contribution in [1.82, 2.24) is 10.2 Å². The summed E-state index contributed by atoms with van der Waals surface area (Å²) in [7, 11) is 1.92. The number of aliphatic hydroxyl groups excluding tert-OH is 1. The zero-order valence-corrected chi connectivity index (χ0v) is 12.6.